The van der Waals surface area contributed by atoms with Crippen molar-refractivity contribution in [3.8, 4) is 0 Å². The Bertz CT molecular complexity index is 749. The predicted molar refractivity (Wildman–Crippen MR) is 97.3 cm³/mol. The zero-order valence-electron chi connectivity index (χ0n) is 16.4. The molecule has 1 aromatic rings. The molecule has 1 aliphatic rings. The van der Waals surface area contributed by atoms with Gasteiger partial charge in [0.05, 0.1) is 22.6 Å². The molecule has 2 unspecified atom stereocenters. The van der Waals surface area contributed by atoms with Crippen LogP contribution in [0.5, 0.6) is 0 Å². The number of non-ortho nitro benzene ring substituents is 1. The Kier molecular flexibility index (Phi) is 5.82. The number of anilines is 1. The van der Waals surface area contributed by atoms with Crippen LogP contribution in [0.1, 0.15) is 40.2 Å². The van der Waals surface area contributed by atoms with Gasteiger partial charge in [-0.2, -0.15) is 13.2 Å². The molecule has 2 atom stereocenters. The van der Waals surface area contributed by atoms with E-state index in [1.165, 1.54) is 9.80 Å². The largest absolute Gasteiger partial charge is 0.444 e. The Morgan fingerprint density at radius 2 is 1.71 bits per heavy atom. The number of benzene rings is 1. The zero-order chi connectivity index (χ0) is 21.4. The highest BCUT2D eigenvalue weighted by atomic mass is 19.4. The van der Waals surface area contributed by atoms with Gasteiger partial charge in [0.2, 0.25) is 0 Å². The number of nitro benzene ring substituents is 1. The molecule has 1 aromatic carbocycles. The second-order valence-electron chi connectivity index (χ2n) is 7.95. The van der Waals surface area contributed by atoms with Crippen LogP contribution in [0.25, 0.3) is 0 Å². The molecule has 0 spiro atoms. The number of halogens is 3. The van der Waals surface area contributed by atoms with Crippen LogP contribution < -0.4 is 4.90 Å². The third-order valence-electron chi connectivity index (χ3n) is 4.36. The first-order chi connectivity index (χ1) is 12.7. The second-order valence-corrected chi connectivity index (χ2v) is 7.95. The highest BCUT2D eigenvalue weighted by Crippen LogP contribution is 2.39. The van der Waals surface area contributed by atoms with Crippen LogP contribution in [0.4, 0.5) is 29.3 Å². The molecule has 1 saturated heterocycles. The highest BCUT2D eigenvalue weighted by molar-refractivity contribution is 5.70. The molecule has 1 aliphatic heterocycles. The van der Waals surface area contributed by atoms with Crippen molar-refractivity contribution >= 4 is 17.5 Å². The first-order valence-electron chi connectivity index (χ1n) is 8.82. The number of amides is 1. The van der Waals surface area contributed by atoms with E-state index < -0.39 is 46.1 Å². The maximum atomic E-state index is 13.5. The number of hydrogen-bond acceptors (Lipinski definition) is 5. The third kappa shape index (κ3) is 4.85. The van der Waals surface area contributed by atoms with E-state index in [0.717, 1.165) is 12.1 Å². The smallest absolute Gasteiger partial charge is 0.418 e. The Hall–Kier alpha value is -2.52. The standard InChI is InChI=1S/C18H24F3N3O4/c1-11-9-22(10-12(2)23(11)16(25)28-17(3,4)5)15-7-6-13(24(26)27)8-14(15)18(19,20)21/h6-8,11-12H,9-10H2,1-5H3. The molecule has 28 heavy (non-hydrogen) atoms. The fourth-order valence-corrected chi connectivity index (χ4v) is 3.33. The maximum absolute atomic E-state index is 13.5. The summed E-state index contributed by atoms with van der Waals surface area (Å²) in [7, 11) is 0. The van der Waals surface area contributed by atoms with Crippen molar-refractivity contribution in [2.24, 2.45) is 0 Å². The minimum absolute atomic E-state index is 0.138. The minimum Gasteiger partial charge on any atom is -0.444 e. The molecule has 1 fully saturated rings. The molecule has 0 aromatic heterocycles. The highest BCUT2D eigenvalue weighted by Gasteiger charge is 2.40. The molecule has 0 aliphatic carbocycles. The average molecular weight is 403 g/mol. The molecule has 156 valence electrons. The summed E-state index contributed by atoms with van der Waals surface area (Å²) in [6, 6.07) is 1.90. The molecule has 0 N–H and O–H groups in total. The number of piperazine rings is 1. The molecule has 0 bridgehead atoms. The molecule has 2 rings (SSSR count). The number of carbonyl (C=O) groups is 1. The lowest BCUT2D eigenvalue weighted by atomic mass is 10.0. The van der Waals surface area contributed by atoms with Crippen LogP contribution in [-0.4, -0.2) is 46.7 Å². The van der Waals surface area contributed by atoms with Gasteiger partial charge in [0.15, 0.2) is 0 Å². The van der Waals surface area contributed by atoms with Gasteiger partial charge in [0.1, 0.15) is 5.60 Å². The van der Waals surface area contributed by atoms with Gasteiger partial charge in [-0.25, -0.2) is 4.79 Å². The van der Waals surface area contributed by atoms with Crippen molar-refractivity contribution in [3.63, 3.8) is 0 Å². The summed E-state index contributed by atoms with van der Waals surface area (Å²) < 4.78 is 45.9. The Morgan fingerprint density at radius 1 is 1.18 bits per heavy atom. The monoisotopic (exact) mass is 403 g/mol. The molecule has 0 saturated carbocycles. The van der Waals surface area contributed by atoms with Gasteiger partial charge < -0.3 is 9.64 Å². The maximum Gasteiger partial charge on any atom is 0.418 e. The van der Waals surface area contributed by atoms with Gasteiger partial charge in [-0.15, -0.1) is 0 Å². The zero-order valence-corrected chi connectivity index (χ0v) is 16.4. The number of alkyl halides is 3. The van der Waals surface area contributed by atoms with E-state index in [0.29, 0.717) is 6.07 Å². The van der Waals surface area contributed by atoms with Gasteiger partial charge >= 0.3 is 12.3 Å². The third-order valence-corrected chi connectivity index (χ3v) is 4.36. The van der Waals surface area contributed by atoms with Crippen molar-refractivity contribution in [1.29, 1.82) is 0 Å². The number of ether oxygens (including phenoxy) is 1. The van der Waals surface area contributed by atoms with E-state index in [-0.39, 0.29) is 18.8 Å². The van der Waals surface area contributed by atoms with E-state index >= 15 is 0 Å². The summed E-state index contributed by atoms with van der Waals surface area (Å²) >= 11 is 0. The molecular weight excluding hydrogens is 379 g/mol. The van der Waals surface area contributed by atoms with E-state index in [9.17, 15) is 28.1 Å². The summed E-state index contributed by atoms with van der Waals surface area (Å²) in [5.41, 5.74) is -2.51. The van der Waals surface area contributed by atoms with Crippen molar-refractivity contribution < 1.29 is 27.6 Å². The predicted octanol–water partition coefficient (Wildman–Crippen LogP) is 4.45. The van der Waals surface area contributed by atoms with Gasteiger partial charge in [0.25, 0.3) is 5.69 Å². The Labute approximate surface area is 161 Å². The molecular formula is C18H24F3N3O4. The van der Waals surface area contributed by atoms with E-state index in [1.54, 1.807) is 34.6 Å². The lowest BCUT2D eigenvalue weighted by Gasteiger charge is -2.45. The lowest BCUT2D eigenvalue weighted by Crippen LogP contribution is -2.59. The molecule has 0 radical (unpaired) electrons. The SMILES string of the molecule is CC1CN(c2ccc([N+](=O)[O-])cc2C(F)(F)F)CC(C)N1C(=O)OC(C)(C)C. The minimum atomic E-state index is -4.74. The quantitative estimate of drug-likeness (QED) is 0.539. The fourth-order valence-electron chi connectivity index (χ4n) is 3.33. The summed E-state index contributed by atoms with van der Waals surface area (Å²) in [6.07, 6.45) is -5.26. The van der Waals surface area contributed by atoms with Gasteiger partial charge in [-0.05, 0) is 40.7 Å². The first kappa shape index (κ1) is 21.8. The summed E-state index contributed by atoms with van der Waals surface area (Å²) in [5, 5.41) is 10.9. The Morgan fingerprint density at radius 3 is 2.14 bits per heavy atom. The topological polar surface area (TPSA) is 75.9 Å². The van der Waals surface area contributed by atoms with Crippen molar-refractivity contribution in [2.75, 3.05) is 18.0 Å². The molecule has 7 nitrogen and oxygen atoms in total. The van der Waals surface area contributed by atoms with Crippen molar-refractivity contribution in [1.82, 2.24) is 4.90 Å². The van der Waals surface area contributed by atoms with Crippen LogP contribution in [-0.2, 0) is 10.9 Å². The number of rotatable bonds is 2. The Balaban J connectivity index is 2.32. The number of hydrogen-bond donors (Lipinski definition) is 0. The summed E-state index contributed by atoms with van der Waals surface area (Å²) in [5.74, 6) is 0. The molecule has 10 heteroatoms. The average Bonchev–Trinajstić information content (AvgIpc) is 2.50. The number of nitro groups is 1. The first-order valence-corrected chi connectivity index (χ1v) is 8.82. The van der Waals surface area contributed by atoms with Crippen LogP contribution in [0, 0.1) is 10.1 Å². The number of nitrogens with zero attached hydrogens (tertiary/aromatic N) is 3. The lowest BCUT2D eigenvalue weighted by molar-refractivity contribution is -0.385. The van der Waals surface area contributed by atoms with E-state index in [1.807, 2.05) is 0 Å². The van der Waals surface area contributed by atoms with Gasteiger partial charge in [-0.3, -0.25) is 15.0 Å². The van der Waals surface area contributed by atoms with Gasteiger partial charge in [0, 0.05) is 30.9 Å². The van der Waals surface area contributed by atoms with Gasteiger partial charge in [-0.1, -0.05) is 0 Å². The summed E-state index contributed by atoms with van der Waals surface area (Å²) in [6.45, 7) is 8.96. The summed E-state index contributed by atoms with van der Waals surface area (Å²) in [4.78, 5) is 25.5. The van der Waals surface area contributed by atoms with Crippen LogP contribution in [0.15, 0.2) is 18.2 Å². The van der Waals surface area contributed by atoms with Crippen LogP contribution in [0.2, 0.25) is 0 Å². The molecule has 1 amide bonds. The fraction of sp³-hybridized carbons (Fsp3) is 0.611. The van der Waals surface area contributed by atoms with Crippen LogP contribution >= 0.6 is 0 Å². The van der Waals surface area contributed by atoms with E-state index in [2.05, 4.69) is 0 Å². The van der Waals surface area contributed by atoms with Crippen molar-refractivity contribution in [2.45, 2.75) is 58.5 Å². The molecule has 1 heterocycles. The van der Waals surface area contributed by atoms with Crippen LogP contribution in [0.3, 0.4) is 0 Å². The normalized spacial score (nSPS) is 20.9. The second kappa shape index (κ2) is 7.48. The number of carbonyl (C=O) groups excluding carboxylic acids is 1. The van der Waals surface area contributed by atoms with E-state index in [4.69, 9.17) is 4.74 Å². The van der Waals surface area contributed by atoms with Crippen molar-refractivity contribution in [3.05, 3.63) is 33.9 Å².